The molecule has 1 atom stereocenters. The van der Waals surface area contributed by atoms with E-state index in [-0.39, 0.29) is 11.9 Å². The molecule has 6 heteroatoms. The van der Waals surface area contributed by atoms with Gasteiger partial charge in [0.1, 0.15) is 5.52 Å². The second kappa shape index (κ2) is 7.13. The Bertz CT molecular complexity index is 1210. The number of carbonyl (C=O) groups is 1. The van der Waals surface area contributed by atoms with Crippen molar-refractivity contribution in [1.29, 1.82) is 0 Å². The zero-order chi connectivity index (χ0) is 19.8. The Balaban J connectivity index is 1.47. The van der Waals surface area contributed by atoms with Crippen LogP contribution in [-0.4, -0.2) is 25.9 Å². The standard InChI is InChI=1S/C23H21N5O/c1-15-11-12-17(14-21(15)28-22-20(26-27-28)10-5-13-24-22)23(29)25-19-9-4-7-16-6-2-3-8-18(16)19/h2-3,5-6,8,10-14,19H,4,7,9H2,1H3,(H,25,29)/t19-/m0/s1. The SMILES string of the molecule is Cc1ccc(C(=O)N[C@H]2CCCc3ccccc32)cc1-n1nnc2cccnc21. The highest BCUT2D eigenvalue weighted by Crippen LogP contribution is 2.30. The fourth-order valence-electron chi connectivity index (χ4n) is 4.05. The van der Waals surface area contributed by atoms with Crippen LogP contribution < -0.4 is 5.32 Å². The molecule has 5 rings (SSSR count). The van der Waals surface area contributed by atoms with Crippen LogP contribution in [-0.2, 0) is 6.42 Å². The quantitative estimate of drug-likeness (QED) is 0.582. The average molecular weight is 383 g/mol. The Kier molecular flexibility index (Phi) is 4.31. The van der Waals surface area contributed by atoms with Gasteiger partial charge in [-0.05, 0) is 67.1 Å². The third kappa shape index (κ3) is 3.16. The van der Waals surface area contributed by atoms with Gasteiger partial charge in [0.2, 0.25) is 0 Å². The van der Waals surface area contributed by atoms with Crippen LogP contribution in [0.4, 0.5) is 0 Å². The first-order valence-electron chi connectivity index (χ1n) is 9.87. The molecule has 0 spiro atoms. The summed E-state index contributed by atoms with van der Waals surface area (Å²) in [5, 5.41) is 11.6. The maximum absolute atomic E-state index is 13.0. The second-order valence-corrected chi connectivity index (χ2v) is 7.47. The topological polar surface area (TPSA) is 72.7 Å². The summed E-state index contributed by atoms with van der Waals surface area (Å²) in [4.78, 5) is 17.4. The van der Waals surface area contributed by atoms with E-state index in [1.807, 2.05) is 43.3 Å². The largest absolute Gasteiger partial charge is 0.345 e. The molecule has 2 heterocycles. The predicted molar refractivity (Wildman–Crippen MR) is 111 cm³/mol. The molecule has 0 bridgehead atoms. The summed E-state index contributed by atoms with van der Waals surface area (Å²) in [7, 11) is 0. The van der Waals surface area contributed by atoms with Crippen LogP contribution in [0.2, 0.25) is 0 Å². The minimum atomic E-state index is -0.0784. The number of pyridine rings is 1. The van der Waals surface area contributed by atoms with E-state index in [1.54, 1.807) is 10.9 Å². The maximum atomic E-state index is 13.0. The van der Waals surface area contributed by atoms with Gasteiger partial charge in [0.05, 0.1) is 11.7 Å². The lowest BCUT2D eigenvalue weighted by Crippen LogP contribution is -2.31. The summed E-state index contributed by atoms with van der Waals surface area (Å²) in [6, 6.07) is 17.8. The van der Waals surface area contributed by atoms with E-state index in [9.17, 15) is 4.79 Å². The highest BCUT2D eigenvalue weighted by atomic mass is 16.1. The second-order valence-electron chi connectivity index (χ2n) is 7.47. The van der Waals surface area contributed by atoms with Gasteiger partial charge < -0.3 is 5.32 Å². The molecule has 1 N–H and O–H groups in total. The van der Waals surface area contributed by atoms with Gasteiger partial charge >= 0.3 is 0 Å². The lowest BCUT2D eigenvalue weighted by atomic mass is 9.87. The molecule has 1 amide bonds. The Labute approximate surface area is 168 Å². The first-order chi connectivity index (χ1) is 14.2. The molecule has 1 aliphatic rings. The number of amides is 1. The molecule has 1 aliphatic carbocycles. The third-order valence-corrected chi connectivity index (χ3v) is 5.58. The lowest BCUT2D eigenvalue weighted by molar-refractivity contribution is 0.0932. The van der Waals surface area contributed by atoms with Gasteiger partial charge in [-0.2, -0.15) is 4.68 Å². The van der Waals surface area contributed by atoms with Crippen molar-refractivity contribution in [3.05, 3.63) is 83.0 Å². The molecule has 0 radical (unpaired) electrons. The molecule has 0 saturated heterocycles. The van der Waals surface area contributed by atoms with Crippen LogP contribution >= 0.6 is 0 Å². The molecular formula is C23H21N5O. The van der Waals surface area contributed by atoms with Crippen LogP contribution in [0, 0.1) is 6.92 Å². The number of fused-ring (bicyclic) bond motifs is 2. The van der Waals surface area contributed by atoms with Crippen LogP contribution in [0.25, 0.3) is 16.9 Å². The number of aromatic nitrogens is 4. The number of hydrogen-bond acceptors (Lipinski definition) is 4. The molecule has 0 aliphatic heterocycles. The molecule has 29 heavy (non-hydrogen) atoms. The highest BCUT2D eigenvalue weighted by Gasteiger charge is 2.22. The number of carbonyl (C=O) groups excluding carboxylic acids is 1. The zero-order valence-corrected chi connectivity index (χ0v) is 16.2. The molecule has 144 valence electrons. The Morgan fingerprint density at radius 1 is 1.14 bits per heavy atom. The van der Waals surface area contributed by atoms with Crippen molar-refractivity contribution in [2.45, 2.75) is 32.2 Å². The van der Waals surface area contributed by atoms with E-state index in [0.29, 0.717) is 11.2 Å². The van der Waals surface area contributed by atoms with Gasteiger partial charge in [-0.15, -0.1) is 5.10 Å². The van der Waals surface area contributed by atoms with E-state index in [1.165, 1.54) is 11.1 Å². The smallest absolute Gasteiger partial charge is 0.251 e. The molecule has 0 unspecified atom stereocenters. The summed E-state index contributed by atoms with van der Waals surface area (Å²) in [6.07, 6.45) is 4.83. The third-order valence-electron chi connectivity index (χ3n) is 5.58. The maximum Gasteiger partial charge on any atom is 0.251 e. The van der Waals surface area contributed by atoms with Gasteiger partial charge in [-0.1, -0.05) is 35.5 Å². The van der Waals surface area contributed by atoms with Crippen molar-refractivity contribution < 1.29 is 4.79 Å². The van der Waals surface area contributed by atoms with Gasteiger partial charge in [0.15, 0.2) is 5.65 Å². The van der Waals surface area contributed by atoms with Crippen molar-refractivity contribution in [3.8, 4) is 5.69 Å². The van der Waals surface area contributed by atoms with E-state index in [4.69, 9.17) is 0 Å². The van der Waals surface area contributed by atoms with Gasteiger partial charge in [0.25, 0.3) is 5.91 Å². The van der Waals surface area contributed by atoms with E-state index in [2.05, 4.69) is 38.8 Å². The minimum absolute atomic E-state index is 0.0473. The Hall–Kier alpha value is -3.54. The summed E-state index contributed by atoms with van der Waals surface area (Å²) >= 11 is 0. The van der Waals surface area contributed by atoms with E-state index in [0.717, 1.165) is 36.0 Å². The average Bonchev–Trinajstić information content (AvgIpc) is 3.18. The number of nitrogens with one attached hydrogen (secondary N) is 1. The Morgan fingerprint density at radius 2 is 2.03 bits per heavy atom. The lowest BCUT2D eigenvalue weighted by Gasteiger charge is -2.26. The van der Waals surface area contributed by atoms with Crippen LogP contribution in [0.5, 0.6) is 0 Å². The number of benzene rings is 2. The number of aryl methyl sites for hydroxylation is 2. The predicted octanol–water partition coefficient (Wildman–Crippen LogP) is 3.93. The Morgan fingerprint density at radius 3 is 2.97 bits per heavy atom. The van der Waals surface area contributed by atoms with Gasteiger partial charge in [0, 0.05) is 11.8 Å². The van der Waals surface area contributed by atoms with Crippen molar-refractivity contribution in [1.82, 2.24) is 25.3 Å². The monoisotopic (exact) mass is 383 g/mol. The molecule has 0 saturated carbocycles. The first kappa shape index (κ1) is 17.6. The highest BCUT2D eigenvalue weighted by molar-refractivity contribution is 5.95. The number of rotatable bonds is 3. The number of hydrogen-bond donors (Lipinski definition) is 1. The summed E-state index contributed by atoms with van der Waals surface area (Å²) in [5.41, 5.74) is 6.37. The molecule has 0 fully saturated rings. The van der Waals surface area contributed by atoms with Crippen LogP contribution in [0.3, 0.4) is 0 Å². The molecule has 2 aromatic carbocycles. The van der Waals surface area contributed by atoms with E-state index < -0.39 is 0 Å². The molecular weight excluding hydrogens is 362 g/mol. The number of nitrogens with zero attached hydrogens (tertiary/aromatic N) is 4. The van der Waals surface area contributed by atoms with Gasteiger partial charge in [-0.25, -0.2) is 4.98 Å². The van der Waals surface area contributed by atoms with Crippen LogP contribution in [0.1, 0.15) is 45.9 Å². The van der Waals surface area contributed by atoms with Crippen molar-refractivity contribution in [2.24, 2.45) is 0 Å². The van der Waals surface area contributed by atoms with E-state index >= 15 is 0 Å². The normalized spacial score (nSPS) is 15.8. The first-order valence-corrected chi connectivity index (χ1v) is 9.87. The van der Waals surface area contributed by atoms with Crippen molar-refractivity contribution in [3.63, 3.8) is 0 Å². The van der Waals surface area contributed by atoms with Crippen molar-refractivity contribution >= 4 is 17.1 Å². The molecule has 6 nitrogen and oxygen atoms in total. The summed E-state index contributed by atoms with van der Waals surface area (Å²) < 4.78 is 1.69. The van der Waals surface area contributed by atoms with Gasteiger partial charge in [-0.3, -0.25) is 4.79 Å². The van der Waals surface area contributed by atoms with Crippen LogP contribution in [0.15, 0.2) is 60.8 Å². The molecule has 2 aromatic heterocycles. The minimum Gasteiger partial charge on any atom is -0.345 e. The summed E-state index contributed by atoms with van der Waals surface area (Å²) in [5.74, 6) is -0.0784. The van der Waals surface area contributed by atoms with Crippen molar-refractivity contribution in [2.75, 3.05) is 0 Å². The molecule has 4 aromatic rings. The fraction of sp³-hybridized carbons (Fsp3) is 0.217. The summed E-state index contributed by atoms with van der Waals surface area (Å²) in [6.45, 7) is 1.99. The fourth-order valence-corrected chi connectivity index (χ4v) is 4.05. The zero-order valence-electron chi connectivity index (χ0n) is 16.2.